The maximum absolute atomic E-state index is 13.3. The zero-order valence-electron chi connectivity index (χ0n) is 17.2. The normalized spacial score (nSPS) is 15.4. The molecule has 30 heavy (non-hydrogen) atoms. The fraction of sp³-hybridized carbons (Fsp3) is 0.273. The Bertz CT molecular complexity index is 1090. The van der Waals surface area contributed by atoms with E-state index < -0.39 is 6.04 Å². The Morgan fingerprint density at radius 1 is 1.20 bits per heavy atom. The van der Waals surface area contributed by atoms with Crippen LogP contribution in [0, 0.1) is 6.92 Å². The van der Waals surface area contributed by atoms with E-state index in [9.17, 15) is 4.79 Å². The molecule has 1 aliphatic heterocycles. The smallest absolute Gasteiger partial charge is 0.255 e. The first-order valence-corrected chi connectivity index (χ1v) is 9.93. The van der Waals surface area contributed by atoms with Crippen LogP contribution in [-0.2, 0) is 4.79 Å². The van der Waals surface area contributed by atoms with Gasteiger partial charge in [-0.25, -0.2) is 0 Å². The van der Waals surface area contributed by atoms with Gasteiger partial charge in [-0.05, 0) is 60.5 Å². The SMILES string of the molecule is CCCOc1cccc(C2C(C(=O)Nc3ccc(C)cc3)=C(C)Nc3nnnn32)c1. The molecule has 154 valence electrons. The number of tetrazole rings is 1. The third kappa shape index (κ3) is 3.89. The number of aromatic nitrogens is 4. The number of hydrogen-bond acceptors (Lipinski definition) is 6. The summed E-state index contributed by atoms with van der Waals surface area (Å²) in [5.74, 6) is 1.03. The number of amides is 1. The Morgan fingerprint density at radius 3 is 2.77 bits per heavy atom. The second-order valence-corrected chi connectivity index (χ2v) is 7.25. The molecular formula is C22H24N6O2. The fourth-order valence-corrected chi connectivity index (χ4v) is 3.44. The van der Waals surface area contributed by atoms with E-state index in [2.05, 4.69) is 33.1 Å². The van der Waals surface area contributed by atoms with Crippen molar-refractivity contribution >= 4 is 17.5 Å². The highest BCUT2D eigenvalue weighted by Crippen LogP contribution is 2.36. The first-order chi connectivity index (χ1) is 14.6. The van der Waals surface area contributed by atoms with Crippen molar-refractivity contribution in [3.63, 3.8) is 0 Å². The number of rotatable bonds is 6. The molecule has 0 radical (unpaired) electrons. The summed E-state index contributed by atoms with van der Waals surface area (Å²) >= 11 is 0. The summed E-state index contributed by atoms with van der Waals surface area (Å²) in [6, 6.07) is 14.9. The molecule has 1 aromatic heterocycles. The zero-order chi connectivity index (χ0) is 21.1. The summed E-state index contributed by atoms with van der Waals surface area (Å²) in [5, 5.41) is 18.1. The number of nitrogens with zero attached hydrogens (tertiary/aromatic N) is 4. The van der Waals surface area contributed by atoms with Crippen LogP contribution in [0.2, 0.25) is 0 Å². The van der Waals surface area contributed by atoms with Gasteiger partial charge in [-0.1, -0.05) is 41.9 Å². The number of fused-ring (bicyclic) bond motifs is 1. The van der Waals surface area contributed by atoms with Crippen molar-refractivity contribution in [1.29, 1.82) is 0 Å². The monoisotopic (exact) mass is 404 g/mol. The highest BCUT2D eigenvalue weighted by molar-refractivity contribution is 6.06. The molecule has 8 nitrogen and oxygen atoms in total. The molecule has 4 rings (SSSR count). The minimum Gasteiger partial charge on any atom is -0.494 e. The van der Waals surface area contributed by atoms with Crippen LogP contribution < -0.4 is 15.4 Å². The molecule has 1 unspecified atom stereocenters. The van der Waals surface area contributed by atoms with E-state index >= 15 is 0 Å². The van der Waals surface area contributed by atoms with Crippen molar-refractivity contribution in [2.75, 3.05) is 17.2 Å². The minimum atomic E-state index is -0.480. The van der Waals surface area contributed by atoms with E-state index in [0.29, 0.717) is 23.8 Å². The molecule has 3 aromatic rings. The van der Waals surface area contributed by atoms with Gasteiger partial charge in [-0.3, -0.25) is 4.79 Å². The van der Waals surface area contributed by atoms with Gasteiger partial charge in [0.15, 0.2) is 0 Å². The summed E-state index contributed by atoms with van der Waals surface area (Å²) in [6.45, 7) is 6.55. The largest absolute Gasteiger partial charge is 0.494 e. The molecule has 1 aliphatic rings. The summed E-state index contributed by atoms with van der Waals surface area (Å²) in [5.41, 5.74) is 3.97. The number of carbonyl (C=O) groups excluding carboxylic acids is 1. The topological polar surface area (TPSA) is 94.0 Å². The van der Waals surface area contributed by atoms with Crippen molar-refractivity contribution in [2.24, 2.45) is 0 Å². The van der Waals surface area contributed by atoms with Gasteiger partial charge in [0.05, 0.1) is 12.2 Å². The molecule has 1 amide bonds. The molecule has 1 atom stereocenters. The third-order valence-electron chi connectivity index (χ3n) is 4.91. The Morgan fingerprint density at radius 2 is 2.00 bits per heavy atom. The van der Waals surface area contributed by atoms with E-state index in [-0.39, 0.29) is 5.91 Å². The third-order valence-corrected chi connectivity index (χ3v) is 4.91. The maximum atomic E-state index is 13.3. The highest BCUT2D eigenvalue weighted by atomic mass is 16.5. The van der Waals surface area contributed by atoms with Crippen LogP contribution in [0.4, 0.5) is 11.6 Å². The van der Waals surface area contributed by atoms with Gasteiger partial charge in [0, 0.05) is 11.4 Å². The number of hydrogen-bond donors (Lipinski definition) is 2. The van der Waals surface area contributed by atoms with Crippen molar-refractivity contribution in [2.45, 2.75) is 33.2 Å². The number of allylic oxidation sites excluding steroid dienone is 1. The van der Waals surface area contributed by atoms with Crippen molar-refractivity contribution in [1.82, 2.24) is 20.2 Å². The Kier molecular flexibility index (Phi) is 5.47. The highest BCUT2D eigenvalue weighted by Gasteiger charge is 2.34. The number of benzene rings is 2. The second-order valence-electron chi connectivity index (χ2n) is 7.25. The standard InChI is InChI=1S/C22H24N6O2/c1-4-12-30-18-7-5-6-16(13-18)20-19(15(3)23-22-25-26-27-28(20)22)21(29)24-17-10-8-14(2)9-11-17/h5-11,13,20H,4,12H2,1-3H3,(H,24,29)(H,23,25,27). The number of carbonyl (C=O) groups is 1. The van der Waals surface area contributed by atoms with Gasteiger partial charge < -0.3 is 15.4 Å². The maximum Gasteiger partial charge on any atom is 0.255 e. The van der Waals surface area contributed by atoms with Crippen LogP contribution in [0.1, 0.15) is 37.4 Å². The van der Waals surface area contributed by atoms with Crippen LogP contribution in [0.25, 0.3) is 0 Å². The van der Waals surface area contributed by atoms with Gasteiger partial charge in [0.1, 0.15) is 11.8 Å². The molecule has 0 spiro atoms. The quantitative estimate of drug-likeness (QED) is 0.651. The number of anilines is 2. The Labute approximate surface area is 174 Å². The average Bonchev–Trinajstić information content (AvgIpc) is 3.21. The Balaban J connectivity index is 1.72. The van der Waals surface area contributed by atoms with Crippen molar-refractivity contribution in [3.05, 3.63) is 70.9 Å². The summed E-state index contributed by atoms with van der Waals surface area (Å²) < 4.78 is 7.41. The number of aryl methyl sites for hydroxylation is 1. The van der Waals surface area contributed by atoms with Crippen LogP contribution in [0.15, 0.2) is 59.8 Å². The lowest BCUT2D eigenvalue weighted by Crippen LogP contribution is -2.31. The molecular weight excluding hydrogens is 380 g/mol. The van der Waals surface area contributed by atoms with Crippen LogP contribution >= 0.6 is 0 Å². The van der Waals surface area contributed by atoms with E-state index in [0.717, 1.165) is 29.0 Å². The van der Waals surface area contributed by atoms with Crippen molar-refractivity contribution < 1.29 is 9.53 Å². The lowest BCUT2D eigenvalue weighted by atomic mass is 9.95. The Hall–Kier alpha value is -3.68. The summed E-state index contributed by atoms with van der Waals surface area (Å²) in [4.78, 5) is 13.3. The molecule has 2 heterocycles. The van der Waals surface area contributed by atoms with Crippen LogP contribution in [0.5, 0.6) is 5.75 Å². The fourth-order valence-electron chi connectivity index (χ4n) is 3.44. The average molecular weight is 404 g/mol. The molecule has 0 bridgehead atoms. The summed E-state index contributed by atoms with van der Waals surface area (Å²) in [6.07, 6.45) is 0.915. The van der Waals surface area contributed by atoms with Gasteiger partial charge >= 0.3 is 0 Å². The minimum absolute atomic E-state index is 0.213. The predicted octanol–water partition coefficient (Wildman–Crippen LogP) is 3.70. The first kappa shape index (κ1) is 19.6. The lowest BCUT2D eigenvalue weighted by Gasteiger charge is -2.28. The molecule has 0 aliphatic carbocycles. The number of nitrogens with one attached hydrogen (secondary N) is 2. The summed E-state index contributed by atoms with van der Waals surface area (Å²) in [7, 11) is 0. The number of ether oxygens (including phenoxy) is 1. The van der Waals surface area contributed by atoms with Gasteiger partial charge in [-0.15, -0.1) is 0 Å². The zero-order valence-corrected chi connectivity index (χ0v) is 17.2. The van der Waals surface area contributed by atoms with Gasteiger partial charge in [0.25, 0.3) is 5.91 Å². The lowest BCUT2D eigenvalue weighted by molar-refractivity contribution is -0.113. The van der Waals surface area contributed by atoms with E-state index in [1.807, 2.05) is 62.4 Å². The predicted molar refractivity (Wildman–Crippen MR) is 114 cm³/mol. The van der Waals surface area contributed by atoms with Gasteiger partial charge in [0.2, 0.25) is 5.95 Å². The second kappa shape index (κ2) is 8.36. The van der Waals surface area contributed by atoms with Crippen LogP contribution in [0.3, 0.4) is 0 Å². The molecule has 0 saturated heterocycles. The molecule has 8 heteroatoms. The first-order valence-electron chi connectivity index (χ1n) is 9.93. The molecule has 2 aromatic carbocycles. The molecule has 0 saturated carbocycles. The van der Waals surface area contributed by atoms with E-state index in [1.165, 1.54) is 0 Å². The van der Waals surface area contributed by atoms with E-state index in [1.54, 1.807) is 4.68 Å². The molecule has 0 fully saturated rings. The van der Waals surface area contributed by atoms with Crippen LogP contribution in [-0.4, -0.2) is 32.7 Å². The van der Waals surface area contributed by atoms with E-state index in [4.69, 9.17) is 4.74 Å². The van der Waals surface area contributed by atoms with Gasteiger partial charge in [-0.2, -0.15) is 4.68 Å². The molecule has 2 N–H and O–H groups in total. The van der Waals surface area contributed by atoms with Crippen molar-refractivity contribution in [3.8, 4) is 5.75 Å².